The fourth-order valence-corrected chi connectivity index (χ4v) is 2.78. The van der Waals surface area contributed by atoms with Gasteiger partial charge in [0.05, 0.1) is 0 Å². The molecule has 1 unspecified atom stereocenters. The normalized spacial score (nSPS) is 14.5. The van der Waals surface area contributed by atoms with Crippen molar-refractivity contribution < 1.29 is 38.5 Å². The van der Waals surface area contributed by atoms with E-state index in [4.69, 9.17) is 14.6 Å². The Labute approximate surface area is 125 Å². The molecule has 0 spiro atoms. The maximum atomic E-state index is 11.8. The van der Waals surface area contributed by atoms with Gasteiger partial charge in [0.2, 0.25) is 12.7 Å². The third kappa shape index (κ3) is 3.97. The first kappa shape index (κ1) is 16.3. The van der Waals surface area contributed by atoms with Crippen LogP contribution < -0.4 is 14.8 Å². The van der Waals surface area contributed by atoms with Crippen LogP contribution in [0.15, 0.2) is 18.2 Å². The van der Waals surface area contributed by atoms with Crippen molar-refractivity contribution >= 4 is 19.5 Å². The molecule has 1 heterocycles. The van der Waals surface area contributed by atoms with Crippen LogP contribution in [-0.4, -0.2) is 45.8 Å². The van der Waals surface area contributed by atoms with Crippen molar-refractivity contribution in [2.75, 3.05) is 13.3 Å². The molecule has 9 nitrogen and oxygen atoms in total. The van der Waals surface area contributed by atoms with Gasteiger partial charge in [-0.2, -0.15) is 0 Å². The van der Waals surface area contributed by atoms with E-state index < -0.39 is 31.7 Å². The molecule has 10 heteroatoms. The van der Waals surface area contributed by atoms with E-state index in [-0.39, 0.29) is 13.2 Å². The number of hydrogen-bond donors (Lipinski definition) is 4. The van der Waals surface area contributed by atoms with Gasteiger partial charge in [-0.25, -0.2) is 0 Å². The van der Waals surface area contributed by atoms with Gasteiger partial charge in [0, 0.05) is 0 Å². The number of carbonyl (C=O) groups is 2. The number of fused-ring (bicyclic) bond motifs is 1. The summed E-state index contributed by atoms with van der Waals surface area (Å²) in [7, 11) is -4.75. The van der Waals surface area contributed by atoms with Gasteiger partial charge in [-0.05, 0) is 24.1 Å². The van der Waals surface area contributed by atoms with Crippen LogP contribution in [0.4, 0.5) is 0 Å². The Kier molecular flexibility index (Phi) is 4.70. The number of carboxylic acids is 1. The third-order valence-electron chi connectivity index (χ3n) is 2.99. The second kappa shape index (κ2) is 6.35. The zero-order valence-corrected chi connectivity index (χ0v) is 12.2. The Morgan fingerprint density at radius 2 is 1.95 bits per heavy atom. The maximum absolute atomic E-state index is 11.8. The van der Waals surface area contributed by atoms with Gasteiger partial charge in [0.25, 0.3) is 0 Å². The number of carbonyl (C=O) groups excluding carboxylic acids is 1. The third-order valence-corrected chi connectivity index (χ3v) is 4.22. The number of benzene rings is 1. The summed E-state index contributed by atoms with van der Waals surface area (Å²) in [6.07, 6.45) is -0.258. The van der Waals surface area contributed by atoms with E-state index in [9.17, 15) is 23.9 Å². The van der Waals surface area contributed by atoms with Crippen LogP contribution in [0.2, 0.25) is 0 Å². The fourth-order valence-electron chi connectivity index (χ4n) is 1.94. The summed E-state index contributed by atoms with van der Waals surface area (Å²) in [6.45, 7) is -0.656. The highest BCUT2D eigenvalue weighted by atomic mass is 31.2. The minimum absolute atomic E-state index is 0.0554. The summed E-state index contributed by atoms with van der Waals surface area (Å²) in [5, 5.41) is 10.5. The van der Waals surface area contributed by atoms with Crippen molar-refractivity contribution in [3.8, 4) is 11.5 Å². The predicted molar refractivity (Wildman–Crippen MR) is 72.7 cm³/mol. The van der Waals surface area contributed by atoms with E-state index in [0.29, 0.717) is 17.1 Å². The number of nitrogens with one attached hydrogen (secondary N) is 1. The smallest absolute Gasteiger partial charge is 0.338 e. The molecule has 2 rings (SSSR count). The van der Waals surface area contributed by atoms with Crippen molar-refractivity contribution in [1.29, 1.82) is 0 Å². The lowest BCUT2D eigenvalue weighted by molar-refractivity contribution is -0.137. The van der Waals surface area contributed by atoms with Crippen molar-refractivity contribution in [3.05, 3.63) is 23.8 Å². The zero-order chi connectivity index (χ0) is 16.3. The van der Waals surface area contributed by atoms with Gasteiger partial charge in [0.15, 0.2) is 11.5 Å². The topological polar surface area (TPSA) is 142 Å². The molecule has 0 radical (unpaired) electrons. The largest absolute Gasteiger partial charge is 0.480 e. The van der Waals surface area contributed by atoms with E-state index >= 15 is 0 Å². The number of aliphatic carboxylic acids is 1. The second-order valence-electron chi connectivity index (χ2n) is 4.61. The summed E-state index contributed by atoms with van der Waals surface area (Å²) < 4.78 is 21.8. The molecule has 120 valence electrons. The molecule has 1 aromatic rings. The number of rotatable bonds is 6. The first-order chi connectivity index (χ1) is 10.3. The molecular weight excluding hydrogens is 317 g/mol. The summed E-state index contributed by atoms with van der Waals surface area (Å²) in [4.78, 5) is 40.9. The zero-order valence-electron chi connectivity index (χ0n) is 11.3. The minimum Gasteiger partial charge on any atom is -0.480 e. The monoisotopic (exact) mass is 331 g/mol. The Balaban J connectivity index is 2.15. The van der Waals surface area contributed by atoms with Gasteiger partial charge >= 0.3 is 13.6 Å². The lowest BCUT2D eigenvalue weighted by Gasteiger charge is -2.17. The van der Waals surface area contributed by atoms with E-state index in [0.717, 1.165) is 0 Å². The number of amides is 1. The molecule has 22 heavy (non-hydrogen) atoms. The van der Waals surface area contributed by atoms with Crippen LogP contribution >= 0.6 is 7.60 Å². The van der Waals surface area contributed by atoms with Crippen LogP contribution in [0.5, 0.6) is 11.5 Å². The summed E-state index contributed by atoms with van der Waals surface area (Å²) in [5.74, 6) is -1.39. The Hall–Kier alpha value is -2.09. The van der Waals surface area contributed by atoms with Crippen LogP contribution in [0, 0.1) is 0 Å². The lowest BCUT2D eigenvalue weighted by atomic mass is 10.1. The quantitative estimate of drug-likeness (QED) is 0.521. The van der Waals surface area contributed by atoms with E-state index in [2.05, 4.69) is 0 Å². The molecule has 1 aliphatic heterocycles. The standard InChI is InChI=1S/C12H14NO8P/c14-11(15)5-13-12(16)10(22(17,18)19)4-7-1-2-8-9(3-7)21-6-20-8/h1-3,10H,4-6H2,(H,13,16)(H,14,15)(H2,17,18,19). The molecule has 1 amide bonds. The van der Waals surface area contributed by atoms with Crippen molar-refractivity contribution in [2.24, 2.45) is 0 Å². The van der Waals surface area contributed by atoms with Gasteiger partial charge in [-0.3, -0.25) is 14.2 Å². The van der Waals surface area contributed by atoms with Crippen molar-refractivity contribution in [1.82, 2.24) is 5.32 Å². The molecular formula is C12H14NO8P. The Bertz CT molecular complexity index is 640. The highest BCUT2D eigenvalue weighted by Crippen LogP contribution is 2.43. The molecule has 0 saturated heterocycles. The van der Waals surface area contributed by atoms with Crippen LogP contribution in [0.3, 0.4) is 0 Å². The van der Waals surface area contributed by atoms with Gasteiger partial charge < -0.3 is 29.7 Å². The molecule has 1 aromatic carbocycles. The van der Waals surface area contributed by atoms with Crippen LogP contribution in [-0.2, 0) is 20.6 Å². The van der Waals surface area contributed by atoms with E-state index in [1.807, 2.05) is 5.32 Å². The van der Waals surface area contributed by atoms with Crippen molar-refractivity contribution in [3.63, 3.8) is 0 Å². The highest BCUT2D eigenvalue weighted by Gasteiger charge is 2.36. The number of carboxylic acid groups (broad SMARTS) is 1. The molecule has 0 aromatic heterocycles. The lowest BCUT2D eigenvalue weighted by Crippen LogP contribution is -2.38. The summed E-state index contributed by atoms with van der Waals surface area (Å²) in [6, 6.07) is 4.65. The number of hydrogen-bond acceptors (Lipinski definition) is 5. The SMILES string of the molecule is O=C(O)CNC(=O)C(Cc1ccc2c(c1)OCO2)P(=O)(O)O. The highest BCUT2D eigenvalue weighted by molar-refractivity contribution is 7.53. The average molecular weight is 331 g/mol. The van der Waals surface area contributed by atoms with Gasteiger partial charge in [-0.1, -0.05) is 6.07 Å². The molecule has 1 atom stereocenters. The average Bonchev–Trinajstić information content (AvgIpc) is 2.88. The van der Waals surface area contributed by atoms with E-state index in [1.165, 1.54) is 6.07 Å². The molecule has 4 N–H and O–H groups in total. The first-order valence-electron chi connectivity index (χ1n) is 6.20. The molecule has 0 saturated carbocycles. The Morgan fingerprint density at radius 3 is 2.59 bits per heavy atom. The summed E-state index contributed by atoms with van der Waals surface area (Å²) in [5.41, 5.74) is -1.21. The molecule has 1 aliphatic rings. The second-order valence-corrected chi connectivity index (χ2v) is 6.41. The predicted octanol–water partition coefficient (Wildman–Crippen LogP) is -0.295. The minimum atomic E-state index is -4.75. The van der Waals surface area contributed by atoms with Gasteiger partial charge in [-0.15, -0.1) is 0 Å². The molecule has 0 bridgehead atoms. The molecule has 0 fully saturated rings. The van der Waals surface area contributed by atoms with E-state index in [1.54, 1.807) is 12.1 Å². The molecule has 0 aliphatic carbocycles. The van der Waals surface area contributed by atoms with Crippen LogP contribution in [0.25, 0.3) is 0 Å². The Morgan fingerprint density at radius 1 is 1.27 bits per heavy atom. The number of ether oxygens (including phenoxy) is 2. The van der Waals surface area contributed by atoms with Crippen molar-refractivity contribution in [2.45, 2.75) is 12.1 Å². The maximum Gasteiger partial charge on any atom is 0.338 e. The summed E-state index contributed by atoms with van der Waals surface area (Å²) >= 11 is 0. The first-order valence-corrected chi connectivity index (χ1v) is 7.89. The van der Waals surface area contributed by atoms with Crippen LogP contribution in [0.1, 0.15) is 5.56 Å². The van der Waals surface area contributed by atoms with Gasteiger partial charge in [0.1, 0.15) is 12.2 Å². The fraction of sp³-hybridized carbons (Fsp3) is 0.333.